The molecule has 0 bridgehead atoms. The average Bonchev–Trinajstić information content (AvgIpc) is 3.78. The van der Waals surface area contributed by atoms with E-state index >= 15 is 0 Å². The molecule has 0 fully saturated rings. The van der Waals surface area contributed by atoms with Crippen molar-refractivity contribution in [3.63, 3.8) is 0 Å². The van der Waals surface area contributed by atoms with E-state index in [0.717, 1.165) is 0 Å². The molecule has 0 saturated carbocycles. The fraction of sp³-hybridized carbons (Fsp3) is 0.0833. The van der Waals surface area contributed by atoms with Crippen molar-refractivity contribution >= 4 is 40.9 Å². The highest BCUT2D eigenvalue weighted by molar-refractivity contribution is 7.99. The lowest BCUT2D eigenvalue weighted by molar-refractivity contribution is -0.130. The summed E-state index contributed by atoms with van der Waals surface area (Å²) in [6.07, 6.45) is 1.60. The van der Waals surface area contributed by atoms with Gasteiger partial charge in [-0.3, -0.25) is 14.8 Å². The summed E-state index contributed by atoms with van der Waals surface area (Å²) in [5.41, 5.74) is 1.86. The van der Waals surface area contributed by atoms with E-state index in [1.54, 1.807) is 42.8 Å². The first-order valence-electron chi connectivity index (χ1n) is 16.6. The zero-order valence-corrected chi connectivity index (χ0v) is 32.2. The van der Waals surface area contributed by atoms with E-state index in [1.807, 2.05) is 12.8 Å². The maximum absolute atomic E-state index is 13.7. The number of aromatic nitrogens is 5. The van der Waals surface area contributed by atoms with Crippen LogP contribution in [-0.2, 0) is 9.59 Å². The highest BCUT2D eigenvalue weighted by Gasteiger charge is 2.29. The summed E-state index contributed by atoms with van der Waals surface area (Å²) in [7, 11) is 0. The van der Waals surface area contributed by atoms with Crippen LogP contribution in [0, 0.1) is 161 Å². The van der Waals surface area contributed by atoms with Gasteiger partial charge in [-0.05, 0) is 175 Å². The van der Waals surface area contributed by atoms with E-state index in [4.69, 9.17) is 5.11 Å². The first-order chi connectivity index (χ1) is 29.2. The van der Waals surface area contributed by atoms with Crippen LogP contribution < -0.4 is 4.90 Å². The molecular weight excluding hydrogens is 773 g/mol. The van der Waals surface area contributed by atoms with Gasteiger partial charge in [0.1, 0.15) is 5.03 Å². The van der Waals surface area contributed by atoms with Gasteiger partial charge in [0.15, 0.2) is 11.5 Å². The molecular formula is C48H20N6O5S. The Hall–Kier alpha value is -9.91. The van der Waals surface area contributed by atoms with Crippen molar-refractivity contribution in [2.45, 2.75) is 36.7 Å². The number of hydrogen-bond acceptors (Lipinski definition) is 7. The van der Waals surface area contributed by atoms with Crippen LogP contribution >= 0.6 is 11.8 Å². The molecule has 1 atom stereocenters. The van der Waals surface area contributed by atoms with Crippen molar-refractivity contribution in [2.75, 3.05) is 4.90 Å². The van der Waals surface area contributed by atoms with E-state index in [2.05, 4.69) is 168 Å². The van der Waals surface area contributed by atoms with Crippen molar-refractivity contribution < 1.29 is 24.6 Å². The second-order valence-corrected chi connectivity index (χ2v) is 11.6. The third-order valence-electron chi connectivity index (χ3n) is 6.74. The summed E-state index contributed by atoms with van der Waals surface area (Å²) in [4.78, 5) is 42.5. The Bertz CT molecular complexity index is 3310. The Labute approximate surface area is 349 Å². The number of aromatic carboxylic acids is 1. The second-order valence-electron chi connectivity index (χ2n) is 10.6. The van der Waals surface area contributed by atoms with E-state index in [9.17, 15) is 19.5 Å². The number of carbonyl (C=O) groups is 3. The molecule has 3 heterocycles. The Morgan fingerprint density at radius 3 is 1.88 bits per heavy atom. The molecule has 3 aromatic heterocycles. The molecule has 60 heavy (non-hydrogen) atoms. The molecule has 1 unspecified atom stereocenters. The van der Waals surface area contributed by atoms with Crippen LogP contribution in [-0.4, -0.2) is 52.9 Å². The normalized spacial score (nSPS) is 8.52. The number of carboxylic acid groups (broad SMARTS) is 2. The van der Waals surface area contributed by atoms with Gasteiger partial charge in [0.2, 0.25) is 0 Å². The number of H-pyrrole nitrogens is 1. The van der Waals surface area contributed by atoms with Crippen molar-refractivity contribution in [1.82, 2.24) is 24.8 Å². The van der Waals surface area contributed by atoms with Crippen molar-refractivity contribution in [2.24, 2.45) is 0 Å². The van der Waals surface area contributed by atoms with Crippen LogP contribution in [0.15, 0.2) is 52.5 Å². The topological polar surface area (TPSA) is 154 Å². The molecule has 0 radical (unpaired) electrons. The van der Waals surface area contributed by atoms with Crippen molar-refractivity contribution in [1.29, 1.82) is 0 Å². The van der Waals surface area contributed by atoms with Crippen LogP contribution in [0.25, 0.3) is 5.65 Å². The number of carboxylic acids is 2. The van der Waals surface area contributed by atoms with Crippen molar-refractivity contribution in [3.05, 3.63) is 65.2 Å². The van der Waals surface area contributed by atoms with E-state index < -0.39 is 23.9 Å². The van der Waals surface area contributed by atoms with Crippen LogP contribution in [0.4, 0.5) is 5.69 Å². The Morgan fingerprint density at radius 1 is 0.733 bits per heavy atom. The van der Waals surface area contributed by atoms with Gasteiger partial charge < -0.3 is 10.2 Å². The maximum atomic E-state index is 13.7. The van der Waals surface area contributed by atoms with Crippen molar-refractivity contribution in [3.8, 4) is 154 Å². The summed E-state index contributed by atoms with van der Waals surface area (Å²) in [6, 6.07) is 8.45. The number of anilines is 1. The molecule has 1 aromatic carbocycles. The highest BCUT2D eigenvalue weighted by Crippen LogP contribution is 2.35. The number of benzene rings is 1. The SMILES string of the molecule is CC#CC#CC#CC#CC#CC#CC#CC#CC#CC#CC(=O)N(c1cccc(C(=O)O)c1)C(C)c1nnc2c(Sc3ncccc3C#CC#CC#CC(=O)O)c(C)[nH]n12. The first-order valence-corrected chi connectivity index (χ1v) is 17.4. The molecule has 0 saturated heterocycles. The Balaban J connectivity index is 1.56. The summed E-state index contributed by atoms with van der Waals surface area (Å²) < 4.78 is 1.61. The van der Waals surface area contributed by atoms with E-state index in [1.165, 1.54) is 34.9 Å². The number of fused-ring (bicyclic) bond motifs is 1. The predicted octanol–water partition coefficient (Wildman–Crippen LogP) is 3.20. The van der Waals surface area contributed by atoms with E-state index in [0.29, 0.717) is 32.7 Å². The van der Waals surface area contributed by atoms with Gasteiger partial charge in [0, 0.05) is 41.3 Å². The predicted molar refractivity (Wildman–Crippen MR) is 223 cm³/mol. The molecule has 0 aliphatic carbocycles. The van der Waals surface area contributed by atoms with Gasteiger partial charge in [-0.15, -0.1) is 10.2 Å². The van der Waals surface area contributed by atoms with Gasteiger partial charge in [-0.25, -0.2) is 19.1 Å². The molecule has 4 rings (SSSR count). The summed E-state index contributed by atoms with van der Waals surface area (Å²) in [5, 5.41) is 30.8. The molecule has 0 aliphatic rings. The van der Waals surface area contributed by atoms with Gasteiger partial charge in [0.05, 0.1) is 22.1 Å². The smallest absolute Gasteiger partial charge is 0.382 e. The zero-order chi connectivity index (χ0) is 43.0. The first kappa shape index (κ1) is 42.8. The molecule has 3 N–H and O–H groups in total. The Morgan fingerprint density at radius 2 is 1.30 bits per heavy atom. The third kappa shape index (κ3) is 13.1. The summed E-state index contributed by atoms with van der Waals surface area (Å²) in [5.74, 6) is 61.7. The number of carbonyl (C=O) groups excluding carboxylic acids is 1. The molecule has 4 aromatic rings. The number of amides is 1. The molecule has 0 spiro atoms. The average molecular weight is 793 g/mol. The molecule has 11 nitrogen and oxygen atoms in total. The minimum atomic E-state index is -1.29. The fourth-order valence-electron chi connectivity index (χ4n) is 4.37. The molecule has 278 valence electrons. The quantitative estimate of drug-likeness (QED) is 0.250. The third-order valence-corrected chi connectivity index (χ3v) is 7.95. The van der Waals surface area contributed by atoms with Crippen LogP contribution in [0.5, 0.6) is 0 Å². The zero-order valence-electron chi connectivity index (χ0n) is 31.4. The fourth-order valence-corrected chi connectivity index (χ4v) is 5.33. The maximum Gasteiger partial charge on any atom is 0.382 e. The van der Waals surface area contributed by atoms with Gasteiger partial charge in [-0.1, -0.05) is 23.7 Å². The molecule has 12 heteroatoms. The summed E-state index contributed by atoms with van der Waals surface area (Å²) >= 11 is 1.27. The molecule has 0 aliphatic heterocycles. The number of rotatable bonds is 6. The number of nitrogens with one attached hydrogen (secondary N) is 1. The number of nitrogens with zero attached hydrogens (tertiary/aromatic N) is 5. The monoisotopic (exact) mass is 792 g/mol. The minimum Gasteiger partial charge on any atom is -0.478 e. The number of aromatic amines is 1. The van der Waals surface area contributed by atoms with Gasteiger partial charge >= 0.3 is 17.8 Å². The number of aryl methyl sites for hydroxylation is 1. The van der Waals surface area contributed by atoms with Crippen LogP contribution in [0.2, 0.25) is 0 Å². The standard InChI is InChI=1S/C48H20N6O5S/c1-4-5-6-7-8-9-10-11-12-13-14-15-16-17-18-19-20-21-25-33-42(55)53(41-32-27-30-40(36-41)48(58)59)38(3)45-50-51-46-44(37(2)52-54(45)46)60-47-39(31-28-35-49-47)29-24-22-23-26-34-43(56)57/h27-28,30-32,35-36,38,52H,1-3H3,(H,56,57)(H,58,59). The number of aliphatic carboxylic acids is 1. The highest BCUT2D eigenvalue weighted by atomic mass is 32.2. The Kier molecular flexibility index (Phi) is 16.5. The van der Waals surface area contributed by atoms with E-state index in [-0.39, 0.29) is 11.3 Å². The lowest BCUT2D eigenvalue weighted by Gasteiger charge is -2.26. The van der Waals surface area contributed by atoms with Gasteiger partial charge in [-0.2, -0.15) is 0 Å². The largest absolute Gasteiger partial charge is 0.478 e. The number of hydrogen-bond donors (Lipinski definition) is 3. The lowest BCUT2D eigenvalue weighted by atomic mass is 10.1. The second kappa shape index (κ2) is 23.1. The number of pyridine rings is 1. The van der Waals surface area contributed by atoms with Crippen LogP contribution in [0.3, 0.4) is 0 Å². The summed E-state index contributed by atoms with van der Waals surface area (Å²) in [6.45, 7) is 5.19. The minimum absolute atomic E-state index is 0.0493. The molecule has 1 amide bonds. The van der Waals surface area contributed by atoms with Gasteiger partial charge in [0.25, 0.3) is 0 Å². The van der Waals surface area contributed by atoms with Crippen LogP contribution in [0.1, 0.15) is 47.3 Å². The lowest BCUT2D eigenvalue weighted by Crippen LogP contribution is -2.34.